The fourth-order valence-electron chi connectivity index (χ4n) is 8.51. The molecule has 2 unspecified atom stereocenters. The van der Waals surface area contributed by atoms with Crippen LogP contribution in [0.4, 0.5) is 11.4 Å². The summed E-state index contributed by atoms with van der Waals surface area (Å²) in [4.78, 5) is 41.4. The Bertz CT molecular complexity index is 2670. The first-order valence-corrected chi connectivity index (χ1v) is 26.5. The molecule has 3 heterocycles. The Kier molecular flexibility index (Phi) is 19.1. The molecule has 0 aliphatic carbocycles. The van der Waals surface area contributed by atoms with Gasteiger partial charge in [0.2, 0.25) is 5.69 Å². The fraction of sp³-hybridized carbons (Fsp3) is 0.511. The zero-order valence-corrected chi connectivity index (χ0v) is 41.4. The second kappa shape index (κ2) is 23.9. The van der Waals surface area contributed by atoms with Crippen LogP contribution in [0.1, 0.15) is 63.5 Å². The number of methoxy groups -OCH3 is 2. The summed E-state index contributed by atoms with van der Waals surface area (Å²) in [6.07, 6.45) is 9.49. The summed E-state index contributed by atoms with van der Waals surface area (Å²) in [7, 11) is -10.4. The number of carbonyl (C=O) groups excluding carboxylic acids is 3. The summed E-state index contributed by atoms with van der Waals surface area (Å²) in [6, 6.07) is 8.63. The molecule has 5 rings (SSSR count). The third kappa shape index (κ3) is 14.2. The lowest BCUT2D eigenvalue weighted by Gasteiger charge is -2.30. The van der Waals surface area contributed by atoms with E-state index in [0.29, 0.717) is 59.4 Å². The van der Waals surface area contributed by atoms with Crippen LogP contribution in [0.25, 0.3) is 0 Å². The second-order valence-electron chi connectivity index (χ2n) is 16.7. The van der Waals surface area contributed by atoms with Crippen molar-refractivity contribution in [3.8, 4) is 0 Å². The number of imide groups is 1. The van der Waals surface area contributed by atoms with Crippen LogP contribution in [-0.4, -0.2) is 158 Å². The number of hydroxylamine groups is 2. The Balaban J connectivity index is 1.32. The van der Waals surface area contributed by atoms with E-state index >= 15 is 0 Å². The van der Waals surface area contributed by atoms with Crippen LogP contribution in [0.3, 0.4) is 0 Å². The van der Waals surface area contributed by atoms with E-state index in [4.69, 9.17) is 28.5 Å². The van der Waals surface area contributed by atoms with Crippen molar-refractivity contribution < 1.29 is 86.4 Å². The minimum Gasteiger partial charge on any atom is -0.385 e. The number of anilines is 1. The molecular weight excluding hydrogens is 967 g/mol. The maximum atomic E-state index is 12.3. The summed E-state index contributed by atoms with van der Waals surface area (Å²) < 4.78 is 132. The molecular formula is C45H60N3O18S3+. The SMILES string of the molecule is COCC[N+]1=C(C=CC=CC=C2N(CCOCCOCCOCCC(=O)ON3C(=O)CCC3=O)c3ccc(S(=O)(=O)O)cc3C2(C)CCOC)C(C)(CCCS(=O)(=O)O)c2cc(S(=O)(=O)O)ccc21. The number of rotatable bonds is 28. The van der Waals surface area contributed by atoms with Gasteiger partial charge in [0.25, 0.3) is 42.2 Å². The average molecular weight is 1030 g/mol. The molecule has 2 aromatic rings. The largest absolute Gasteiger partial charge is 0.385 e. The molecule has 0 aromatic heterocycles. The molecule has 0 bridgehead atoms. The van der Waals surface area contributed by atoms with Crippen LogP contribution in [0, 0.1) is 0 Å². The normalized spacial score (nSPS) is 20.4. The van der Waals surface area contributed by atoms with Gasteiger partial charge in [0.15, 0.2) is 12.3 Å². The van der Waals surface area contributed by atoms with E-state index in [-0.39, 0.29) is 88.1 Å². The van der Waals surface area contributed by atoms with Gasteiger partial charge in [-0.05, 0) is 75.1 Å². The average Bonchev–Trinajstić information content (AvgIpc) is 3.81. The minimum absolute atomic E-state index is 0.000337. The van der Waals surface area contributed by atoms with Crippen molar-refractivity contribution >= 4 is 65.2 Å². The number of ether oxygens (including phenoxy) is 5. The first-order chi connectivity index (χ1) is 32.5. The summed E-state index contributed by atoms with van der Waals surface area (Å²) in [5.41, 5.74) is 2.12. The molecule has 1 fully saturated rings. The summed E-state index contributed by atoms with van der Waals surface area (Å²) in [6.45, 7) is 6.02. The van der Waals surface area contributed by atoms with Crippen molar-refractivity contribution in [2.24, 2.45) is 0 Å². The van der Waals surface area contributed by atoms with Gasteiger partial charge in [-0.15, -0.1) is 5.06 Å². The maximum Gasteiger partial charge on any atom is 0.335 e. The first-order valence-electron chi connectivity index (χ1n) is 22.0. The Morgan fingerprint density at radius 3 is 1.93 bits per heavy atom. The molecule has 2 amide bonds. The molecule has 3 aliphatic heterocycles. The molecule has 69 heavy (non-hydrogen) atoms. The number of amides is 2. The molecule has 2 atom stereocenters. The van der Waals surface area contributed by atoms with E-state index in [9.17, 15) is 53.3 Å². The lowest BCUT2D eigenvalue weighted by Crippen LogP contribution is -2.32. The molecule has 3 N–H and O–H groups in total. The van der Waals surface area contributed by atoms with Crippen LogP contribution >= 0.6 is 0 Å². The molecule has 0 spiro atoms. The van der Waals surface area contributed by atoms with Crippen LogP contribution in [0.15, 0.2) is 82.3 Å². The maximum absolute atomic E-state index is 12.3. The lowest BCUT2D eigenvalue weighted by atomic mass is 9.76. The van der Waals surface area contributed by atoms with Gasteiger partial charge in [0, 0.05) is 74.7 Å². The van der Waals surface area contributed by atoms with Crippen LogP contribution < -0.4 is 4.90 Å². The molecule has 1 saturated heterocycles. The Morgan fingerprint density at radius 2 is 1.32 bits per heavy atom. The van der Waals surface area contributed by atoms with E-state index in [1.807, 2.05) is 35.5 Å². The molecule has 21 nitrogen and oxygen atoms in total. The standard InChI is InChI=1S/C45H59N3O18S3/c1-44(18-8-30-67(52,53)54)35-31-33(68(55,56)57)11-13-37(35)46(20-24-62-4)39(44)9-6-5-7-10-40-45(2,19-23-61-3)36-32-34(69(58,59)60)12-14-38(36)47(40)21-25-64-27-29-65-28-26-63-22-17-43(51)66-48-41(49)15-16-42(48)50/h5-7,9-14,31-32H,8,15-30H2,1-4H3,(H2-,52,53,54,55,56,57,58,59,60)/p+1. The van der Waals surface area contributed by atoms with Crippen molar-refractivity contribution in [3.63, 3.8) is 0 Å². The number of nitrogens with zero attached hydrogens (tertiary/aromatic N) is 3. The van der Waals surface area contributed by atoms with E-state index < -0.39 is 64.7 Å². The third-order valence-electron chi connectivity index (χ3n) is 12.0. The van der Waals surface area contributed by atoms with Crippen LogP contribution in [-0.2, 0) is 84.1 Å². The van der Waals surface area contributed by atoms with Crippen LogP contribution in [0.5, 0.6) is 0 Å². The highest BCUT2D eigenvalue weighted by Gasteiger charge is 2.48. The zero-order chi connectivity index (χ0) is 50.6. The molecule has 24 heteroatoms. The summed E-state index contributed by atoms with van der Waals surface area (Å²) in [5.74, 6) is -2.43. The lowest BCUT2D eigenvalue weighted by molar-refractivity contribution is -0.441. The van der Waals surface area contributed by atoms with Crippen LogP contribution in [0.2, 0.25) is 0 Å². The highest BCUT2D eigenvalue weighted by atomic mass is 32.2. The summed E-state index contributed by atoms with van der Waals surface area (Å²) >= 11 is 0. The quantitative estimate of drug-likeness (QED) is 0.0360. The number of hydrogen-bond donors (Lipinski definition) is 3. The van der Waals surface area contributed by atoms with Gasteiger partial charge in [0.1, 0.15) is 6.61 Å². The number of carbonyl (C=O) groups is 3. The first kappa shape index (κ1) is 55.2. The zero-order valence-electron chi connectivity index (χ0n) is 38.9. The Hall–Kier alpha value is -4.73. The van der Waals surface area contributed by atoms with Crippen molar-refractivity contribution in [3.05, 3.63) is 83.6 Å². The Morgan fingerprint density at radius 1 is 0.725 bits per heavy atom. The van der Waals surface area contributed by atoms with Crippen molar-refractivity contribution in [2.75, 3.05) is 90.8 Å². The van der Waals surface area contributed by atoms with E-state index in [1.165, 1.54) is 31.4 Å². The van der Waals surface area contributed by atoms with Gasteiger partial charge in [0.05, 0.1) is 67.0 Å². The van der Waals surface area contributed by atoms with E-state index in [0.717, 1.165) is 5.70 Å². The molecule has 0 saturated carbocycles. The van der Waals surface area contributed by atoms with Crippen molar-refractivity contribution in [1.82, 2.24) is 5.06 Å². The molecule has 380 valence electrons. The van der Waals surface area contributed by atoms with Gasteiger partial charge in [-0.25, -0.2) is 4.79 Å². The monoisotopic (exact) mass is 1030 g/mol. The van der Waals surface area contributed by atoms with E-state index in [1.54, 1.807) is 37.5 Å². The predicted octanol–water partition coefficient (Wildman–Crippen LogP) is 3.71. The highest BCUT2D eigenvalue weighted by molar-refractivity contribution is 7.86. The molecule has 2 aromatic carbocycles. The second-order valence-corrected chi connectivity index (χ2v) is 21.1. The van der Waals surface area contributed by atoms with Gasteiger partial charge < -0.3 is 33.4 Å². The highest BCUT2D eigenvalue weighted by Crippen LogP contribution is 2.51. The third-order valence-corrected chi connectivity index (χ3v) is 14.5. The number of hydrogen-bond acceptors (Lipinski definition) is 16. The van der Waals surface area contributed by atoms with Crippen molar-refractivity contribution in [2.45, 2.75) is 73.0 Å². The van der Waals surface area contributed by atoms with Gasteiger partial charge in [-0.3, -0.25) is 23.2 Å². The minimum atomic E-state index is -4.60. The summed E-state index contributed by atoms with van der Waals surface area (Å²) in [5, 5.41) is 0.480. The molecule has 0 radical (unpaired) electrons. The number of allylic oxidation sites excluding steroid dienone is 6. The van der Waals surface area contributed by atoms with Gasteiger partial charge in [-0.2, -0.15) is 29.8 Å². The smallest absolute Gasteiger partial charge is 0.335 e. The number of benzene rings is 2. The predicted molar refractivity (Wildman–Crippen MR) is 249 cm³/mol. The Labute approximate surface area is 402 Å². The van der Waals surface area contributed by atoms with Gasteiger partial charge >= 0.3 is 5.97 Å². The number of fused-ring (bicyclic) bond motifs is 2. The fourth-order valence-corrected chi connectivity index (χ4v) is 10.0. The van der Waals surface area contributed by atoms with Gasteiger partial charge in [-0.1, -0.05) is 18.2 Å². The van der Waals surface area contributed by atoms with Crippen molar-refractivity contribution in [1.29, 1.82) is 0 Å². The topological polar surface area (TPSA) is 279 Å². The molecule has 3 aliphatic rings. The van der Waals surface area contributed by atoms with E-state index in [2.05, 4.69) is 0 Å².